The van der Waals surface area contributed by atoms with E-state index < -0.39 is 12.0 Å². The molecule has 0 heterocycles. The molecular formula is C15H17NO4. The van der Waals surface area contributed by atoms with Gasteiger partial charge in [-0.05, 0) is 31.6 Å². The summed E-state index contributed by atoms with van der Waals surface area (Å²) in [5.41, 5.74) is 0.924. The summed E-state index contributed by atoms with van der Waals surface area (Å²) in [5, 5.41) is 0. The van der Waals surface area contributed by atoms with Gasteiger partial charge in [0, 0.05) is 12.1 Å². The van der Waals surface area contributed by atoms with Crippen LogP contribution in [0.2, 0.25) is 0 Å². The van der Waals surface area contributed by atoms with Crippen molar-refractivity contribution in [3.63, 3.8) is 0 Å². The van der Waals surface area contributed by atoms with E-state index in [4.69, 9.17) is 4.74 Å². The lowest BCUT2D eigenvalue weighted by Gasteiger charge is -2.19. The Labute approximate surface area is 117 Å². The van der Waals surface area contributed by atoms with Gasteiger partial charge in [0.25, 0.3) is 5.91 Å². The van der Waals surface area contributed by atoms with E-state index in [0.717, 1.165) is 4.90 Å². The molecule has 0 radical (unpaired) electrons. The van der Waals surface area contributed by atoms with E-state index in [0.29, 0.717) is 17.4 Å². The lowest BCUT2D eigenvalue weighted by Crippen LogP contribution is -2.37. The summed E-state index contributed by atoms with van der Waals surface area (Å²) >= 11 is 0. The zero-order valence-electron chi connectivity index (χ0n) is 11.5. The average molecular weight is 275 g/mol. The third kappa shape index (κ3) is 3.78. The summed E-state index contributed by atoms with van der Waals surface area (Å²) in [6.07, 6.45) is 2.78. The van der Waals surface area contributed by atoms with Gasteiger partial charge in [0.1, 0.15) is 6.29 Å². The molecule has 0 aliphatic rings. The van der Waals surface area contributed by atoms with E-state index in [2.05, 4.69) is 0 Å². The molecule has 0 N–H and O–H groups in total. The van der Waals surface area contributed by atoms with E-state index in [1.807, 2.05) is 0 Å². The van der Waals surface area contributed by atoms with Crippen molar-refractivity contribution in [3.05, 3.63) is 41.5 Å². The Morgan fingerprint density at radius 3 is 2.55 bits per heavy atom. The van der Waals surface area contributed by atoms with Gasteiger partial charge < -0.3 is 4.74 Å². The highest BCUT2D eigenvalue weighted by Crippen LogP contribution is 2.14. The number of ether oxygens (including phenoxy) is 1. The van der Waals surface area contributed by atoms with Gasteiger partial charge in [-0.3, -0.25) is 9.59 Å². The second-order valence-corrected chi connectivity index (χ2v) is 3.83. The predicted molar refractivity (Wildman–Crippen MR) is 75.3 cm³/mol. The number of rotatable bonds is 5. The average Bonchev–Trinajstić information content (AvgIpc) is 2.46. The van der Waals surface area contributed by atoms with Crippen molar-refractivity contribution in [1.29, 1.82) is 0 Å². The van der Waals surface area contributed by atoms with Gasteiger partial charge in [-0.2, -0.15) is 0 Å². The van der Waals surface area contributed by atoms with Crippen LogP contribution in [0.5, 0.6) is 0 Å². The minimum absolute atomic E-state index is 0.204. The number of imide groups is 1. The lowest BCUT2D eigenvalue weighted by molar-refractivity contribution is -0.104. The molecular weight excluding hydrogens is 258 g/mol. The molecule has 1 aromatic rings. The van der Waals surface area contributed by atoms with Crippen molar-refractivity contribution >= 4 is 24.4 Å². The molecule has 20 heavy (non-hydrogen) atoms. The highest BCUT2D eigenvalue weighted by atomic mass is 16.6. The van der Waals surface area contributed by atoms with Crippen LogP contribution in [0.25, 0.3) is 6.08 Å². The summed E-state index contributed by atoms with van der Waals surface area (Å²) in [6.45, 7) is 3.79. The van der Waals surface area contributed by atoms with E-state index in [1.54, 1.807) is 38.1 Å². The van der Waals surface area contributed by atoms with Crippen molar-refractivity contribution in [3.8, 4) is 0 Å². The molecule has 106 valence electrons. The Hall–Kier alpha value is -2.43. The number of amides is 2. The van der Waals surface area contributed by atoms with E-state index in [9.17, 15) is 14.4 Å². The molecule has 0 unspecified atom stereocenters. The maximum absolute atomic E-state index is 12.4. The molecule has 5 nitrogen and oxygen atoms in total. The quantitative estimate of drug-likeness (QED) is 0.612. The third-order valence-electron chi connectivity index (χ3n) is 2.60. The van der Waals surface area contributed by atoms with Gasteiger partial charge in [-0.1, -0.05) is 24.3 Å². The molecule has 0 fully saturated rings. The monoisotopic (exact) mass is 275 g/mol. The molecule has 5 heteroatoms. The minimum atomic E-state index is -0.672. The van der Waals surface area contributed by atoms with E-state index in [-0.39, 0.29) is 13.2 Å². The van der Waals surface area contributed by atoms with E-state index >= 15 is 0 Å². The van der Waals surface area contributed by atoms with Gasteiger partial charge in [0.15, 0.2) is 0 Å². The molecule has 0 spiro atoms. The summed E-state index contributed by atoms with van der Waals surface area (Å²) in [6, 6.07) is 6.76. The smallest absolute Gasteiger partial charge is 0.416 e. The first kappa shape index (κ1) is 15.6. The number of carbonyl (C=O) groups is 3. The number of hydrogen-bond acceptors (Lipinski definition) is 4. The first-order valence-electron chi connectivity index (χ1n) is 6.35. The SMILES string of the molecule is CCOC(=O)N(CC)C(=O)c1ccccc1/C=C/C=O. The number of aldehydes is 1. The Morgan fingerprint density at radius 1 is 1.25 bits per heavy atom. The molecule has 0 saturated heterocycles. The third-order valence-corrected chi connectivity index (χ3v) is 2.60. The Morgan fingerprint density at radius 2 is 1.95 bits per heavy atom. The van der Waals surface area contributed by atoms with Crippen LogP contribution in [0.1, 0.15) is 29.8 Å². The number of nitrogens with zero attached hydrogens (tertiary/aromatic N) is 1. The first-order chi connectivity index (χ1) is 9.65. The Balaban J connectivity index is 3.09. The molecule has 0 saturated carbocycles. The highest BCUT2D eigenvalue weighted by Gasteiger charge is 2.23. The summed E-state index contributed by atoms with van der Waals surface area (Å²) in [4.78, 5) is 35.5. The number of hydrogen-bond donors (Lipinski definition) is 0. The first-order valence-corrected chi connectivity index (χ1v) is 6.35. The standard InChI is InChI=1S/C15H17NO4/c1-3-16(15(19)20-4-2)14(18)13-10-6-5-8-12(13)9-7-11-17/h5-11H,3-4H2,1-2H3/b9-7+. The Bertz CT molecular complexity index is 522. The topological polar surface area (TPSA) is 63.7 Å². The zero-order chi connectivity index (χ0) is 15.0. The molecule has 0 aliphatic carbocycles. The predicted octanol–water partition coefficient (Wildman–Crippen LogP) is 2.52. The molecule has 0 aliphatic heterocycles. The fourth-order valence-electron chi connectivity index (χ4n) is 1.68. The molecule has 0 bridgehead atoms. The fraction of sp³-hybridized carbons (Fsp3) is 0.267. The van der Waals surface area contributed by atoms with Crippen LogP contribution in [0.4, 0.5) is 4.79 Å². The summed E-state index contributed by atoms with van der Waals surface area (Å²) < 4.78 is 4.85. The summed E-state index contributed by atoms with van der Waals surface area (Å²) in [5.74, 6) is -0.447. The zero-order valence-corrected chi connectivity index (χ0v) is 11.5. The maximum atomic E-state index is 12.4. The van der Waals surface area contributed by atoms with Gasteiger partial charge in [-0.15, -0.1) is 0 Å². The van der Waals surface area contributed by atoms with Gasteiger partial charge >= 0.3 is 6.09 Å². The Kier molecular flexibility index (Phi) is 6.16. The van der Waals surface area contributed by atoms with Gasteiger partial charge in [-0.25, -0.2) is 9.69 Å². The minimum Gasteiger partial charge on any atom is -0.449 e. The second kappa shape index (κ2) is 7.89. The fourth-order valence-corrected chi connectivity index (χ4v) is 1.68. The molecule has 0 aromatic heterocycles. The van der Waals surface area contributed by atoms with Gasteiger partial charge in [0.05, 0.1) is 6.61 Å². The van der Waals surface area contributed by atoms with E-state index in [1.165, 1.54) is 12.2 Å². The molecule has 1 aromatic carbocycles. The van der Waals surface area contributed by atoms with Crippen LogP contribution in [-0.4, -0.2) is 36.3 Å². The number of benzene rings is 1. The number of carbonyl (C=O) groups excluding carboxylic acids is 3. The molecule has 2 amide bonds. The van der Waals surface area contributed by atoms with Crippen LogP contribution >= 0.6 is 0 Å². The van der Waals surface area contributed by atoms with Crippen molar-refractivity contribution in [1.82, 2.24) is 4.90 Å². The van der Waals surface area contributed by atoms with Crippen LogP contribution in [0.3, 0.4) is 0 Å². The van der Waals surface area contributed by atoms with Crippen molar-refractivity contribution in [2.45, 2.75) is 13.8 Å². The van der Waals surface area contributed by atoms with Crippen molar-refractivity contribution in [2.24, 2.45) is 0 Å². The maximum Gasteiger partial charge on any atom is 0.416 e. The van der Waals surface area contributed by atoms with Crippen LogP contribution in [0.15, 0.2) is 30.3 Å². The normalized spacial score (nSPS) is 10.3. The van der Waals surface area contributed by atoms with Crippen LogP contribution in [0, 0.1) is 0 Å². The highest BCUT2D eigenvalue weighted by molar-refractivity contribution is 6.05. The number of allylic oxidation sites excluding steroid dienone is 1. The van der Waals surface area contributed by atoms with Crippen LogP contribution < -0.4 is 0 Å². The van der Waals surface area contributed by atoms with Crippen molar-refractivity contribution < 1.29 is 19.1 Å². The second-order valence-electron chi connectivity index (χ2n) is 3.83. The van der Waals surface area contributed by atoms with Crippen molar-refractivity contribution in [2.75, 3.05) is 13.2 Å². The largest absolute Gasteiger partial charge is 0.449 e. The molecule has 0 atom stereocenters. The molecule has 1 rings (SSSR count). The lowest BCUT2D eigenvalue weighted by atomic mass is 10.1. The van der Waals surface area contributed by atoms with Gasteiger partial charge in [0.2, 0.25) is 0 Å². The van der Waals surface area contributed by atoms with Crippen LogP contribution in [-0.2, 0) is 9.53 Å². The summed E-state index contributed by atoms with van der Waals surface area (Å²) in [7, 11) is 0.